The van der Waals surface area contributed by atoms with Gasteiger partial charge in [-0.15, -0.1) is 24.8 Å². The molecule has 0 unspecified atom stereocenters. The number of piperidine rings is 1. The minimum atomic E-state index is 0. The summed E-state index contributed by atoms with van der Waals surface area (Å²) in [5.74, 6) is 0.228. The van der Waals surface area contributed by atoms with Crippen molar-refractivity contribution in [2.45, 2.75) is 25.3 Å². The van der Waals surface area contributed by atoms with E-state index < -0.39 is 0 Å². The fourth-order valence-electron chi connectivity index (χ4n) is 2.55. The molecule has 0 radical (unpaired) electrons. The lowest BCUT2D eigenvalue weighted by atomic mass is 10.0. The first-order valence-electron chi connectivity index (χ1n) is 7.43. The molecule has 0 spiro atoms. The zero-order valence-electron chi connectivity index (χ0n) is 13.3. The first kappa shape index (κ1) is 21.0. The van der Waals surface area contributed by atoms with Crippen LogP contribution < -0.4 is 10.2 Å². The van der Waals surface area contributed by atoms with Gasteiger partial charge < -0.3 is 15.1 Å². The van der Waals surface area contributed by atoms with Crippen LogP contribution in [-0.4, -0.2) is 50.6 Å². The minimum absolute atomic E-state index is 0. The molecular weight excluding hydrogens is 321 g/mol. The normalized spacial score (nSPS) is 16.9. The molecule has 0 aliphatic carbocycles. The van der Waals surface area contributed by atoms with E-state index in [4.69, 9.17) is 0 Å². The fraction of sp³-hybridized carbons (Fsp3) is 0.562. The standard InChI is InChI=1S/C16H25N3O.2ClH/c1-18(14-8-4-3-5-9-14)12-13-19(2)16(20)15-10-6-7-11-17-15;;/h3-5,8-9,15,17H,6-7,10-13H2,1-2H3;2*1H/t15-;;/m1../s1. The van der Waals surface area contributed by atoms with Crippen LogP contribution in [0.1, 0.15) is 19.3 Å². The number of nitrogens with one attached hydrogen (secondary N) is 1. The SMILES string of the molecule is CN(CCN(C)c1ccccc1)C(=O)[C@H]1CCCCN1.Cl.Cl. The molecule has 1 fully saturated rings. The second-order valence-electron chi connectivity index (χ2n) is 5.52. The van der Waals surface area contributed by atoms with E-state index in [0.717, 1.165) is 32.5 Å². The van der Waals surface area contributed by atoms with Crippen LogP contribution in [0.3, 0.4) is 0 Å². The maximum atomic E-state index is 12.3. The molecule has 6 heteroatoms. The molecule has 1 aromatic rings. The van der Waals surface area contributed by atoms with Crippen molar-refractivity contribution in [1.82, 2.24) is 10.2 Å². The molecule has 1 saturated heterocycles. The second-order valence-corrected chi connectivity index (χ2v) is 5.52. The molecule has 0 aromatic heterocycles. The van der Waals surface area contributed by atoms with Gasteiger partial charge in [-0.1, -0.05) is 24.6 Å². The Morgan fingerprint density at radius 1 is 1.14 bits per heavy atom. The van der Waals surface area contributed by atoms with Gasteiger partial charge in [-0.05, 0) is 31.5 Å². The lowest BCUT2D eigenvalue weighted by Gasteiger charge is -2.29. The summed E-state index contributed by atoms with van der Waals surface area (Å²) in [6, 6.07) is 10.3. The number of amides is 1. The third-order valence-electron chi connectivity index (χ3n) is 3.95. The molecule has 1 aromatic carbocycles. The predicted octanol–water partition coefficient (Wildman–Crippen LogP) is 2.57. The summed E-state index contributed by atoms with van der Waals surface area (Å²) in [7, 11) is 3.96. The first-order chi connectivity index (χ1) is 9.68. The molecule has 0 saturated carbocycles. The van der Waals surface area contributed by atoms with Crippen molar-refractivity contribution in [1.29, 1.82) is 0 Å². The number of carbonyl (C=O) groups is 1. The van der Waals surface area contributed by atoms with E-state index >= 15 is 0 Å². The summed E-state index contributed by atoms with van der Waals surface area (Å²) in [5, 5.41) is 3.31. The van der Waals surface area contributed by atoms with E-state index in [0.29, 0.717) is 0 Å². The second kappa shape index (κ2) is 10.7. The summed E-state index contributed by atoms with van der Waals surface area (Å²) in [6.45, 7) is 2.57. The van der Waals surface area contributed by atoms with Gasteiger partial charge in [0.25, 0.3) is 0 Å². The zero-order chi connectivity index (χ0) is 14.4. The summed E-state index contributed by atoms with van der Waals surface area (Å²) < 4.78 is 0. The largest absolute Gasteiger partial charge is 0.373 e. The van der Waals surface area contributed by atoms with Gasteiger partial charge in [-0.25, -0.2) is 0 Å². The molecule has 1 aliphatic heterocycles. The average Bonchev–Trinajstić information content (AvgIpc) is 2.53. The Labute approximate surface area is 146 Å². The Morgan fingerprint density at radius 2 is 1.82 bits per heavy atom. The summed E-state index contributed by atoms with van der Waals surface area (Å²) in [5.41, 5.74) is 1.18. The Kier molecular flexibility index (Phi) is 10.2. The third kappa shape index (κ3) is 6.03. The van der Waals surface area contributed by atoms with Crippen LogP contribution in [0, 0.1) is 0 Å². The Hall–Kier alpha value is -0.970. The fourth-order valence-corrected chi connectivity index (χ4v) is 2.55. The number of nitrogens with zero attached hydrogens (tertiary/aromatic N) is 2. The van der Waals surface area contributed by atoms with Crippen molar-refractivity contribution in [2.75, 3.05) is 38.6 Å². The monoisotopic (exact) mass is 347 g/mol. The predicted molar refractivity (Wildman–Crippen MR) is 97.5 cm³/mol. The quantitative estimate of drug-likeness (QED) is 0.888. The number of carbonyl (C=O) groups excluding carboxylic acids is 1. The molecular formula is C16H27Cl2N3O. The van der Waals surface area contributed by atoms with Gasteiger partial charge in [0.2, 0.25) is 5.91 Å². The maximum absolute atomic E-state index is 12.3. The number of benzene rings is 1. The number of hydrogen-bond donors (Lipinski definition) is 1. The third-order valence-corrected chi connectivity index (χ3v) is 3.95. The lowest BCUT2D eigenvalue weighted by molar-refractivity contribution is -0.132. The number of likely N-dealkylation sites (N-methyl/N-ethyl adjacent to an activating group) is 2. The molecule has 4 nitrogen and oxygen atoms in total. The molecule has 22 heavy (non-hydrogen) atoms. The highest BCUT2D eigenvalue weighted by Crippen LogP contribution is 2.12. The topological polar surface area (TPSA) is 35.6 Å². The van der Waals surface area contributed by atoms with Crippen molar-refractivity contribution < 1.29 is 4.79 Å². The first-order valence-corrected chi connectivity index (χ1v) is 7.43. The number of para-hydroxylation sites is 1. The smallest absolute Gasteiger partial charge is 0.239 e. The van der Waals surface area contributed by atoms with Crippen molar-refractivity contribution in [3.05, 3.63) is 30.3 Å². The minimum Gasteiger partial charge on any atom is -0.373 e. The maximum Gasteiger partial charge on any atom is 0.239 e. The molecule has 2 rings (SSSR count). The molecule has 1 aliphatic rings. The van der Waals surface area contributed by atoms with Crippen molar-refractivity contribution in [3.63, 3.8) is 0 Å². The molecule has 1 atom stereocenters. The van der Waals surface area contributed by atoms with Crippen LogP contribution in [0.25, 0.3) is 0 Å². The van der Waals surface area contributed by atoms with Crippen molar-refractivity contribution in [2.24, 2.45) is 0 Å². The number of rotatable bonds is 5. The molecule has 1 N–H and O–H groups in total. The van der Waals surface area contributed by atoms with Gasteiger partial charge in [-0.2, -0.15) is 0 Å². The summed E-state index contributed by atoms with van der Waals surface area (Å²) >= 11 is 0. The number of anilines is 1. The van der Waals surface area contributed by atoms with E-state index in [1.807, 2.05) is 30.1 Å². The Bertz CT molecular complexity index is 425. The van der Waals surface area contributed by atoms with Crippen LogP contribution in [0.15, 0.2) is 30.3 Å². The highest BCUT2D eigenvalue weighted by Gasteiger charge is 2.23. The van der Waals surface area contributed by atoms with Crippen LogP contribution in [-0.2, 0) is 4.79 Å². The van der Waals surface area contributed by atoms with E-state index in [1.54, 1.807) is 0 Å². The Morgan fingerprint density at radius 3 is 2.41 bits per heavy atom. The van der Waals surface area contributed by atoms with Gasteiger partial charge in [0, 0.05) is 32.9 Å². The van der Waals surface area contributed by atoms with Crippen LogP contribution in [0.5, 0.6) is 0 Å². The molecule has 126 valence electrons. The highest BCUT2D eigenvalue weighted by molar-refractivity contribution is 5.85. The van der Waals surface area contributed by atoms with Gasteiger partial charge in [0.1, 0.15) is 0 Å². The summed E-state index contributed by atoms with van der Waals surface area (Å²) in [4.78, 5) is 16.3. The van der Waals surface area contributed by atoms with Crippen molar-refractivity contribution in [3.8, 4) is 0 Å². The van der Waals surface area contributed by atoms with E-state index in [1.165, 1.54) is 12.1 Å². The Balaban J connectivity index is 0.00000220. The molecule has 1 amide bonds. The average molecular weight is 348 g/mol. The zero-order valence-corrected chi connectivity index (χ0v) is 15.0. The van der Waals surface area contributed by atoms with Gasteiger partial charge in [0.05, 0.1) is 6.04 Å². The van der Waals surface area contributed by atoms with Crippen LogP contribution in [0.4, 0.5) is 5.69 Å². The van der Waals surface area contributed by atoms with Crippen LogP contribution in [0.2, 0.25) is 0 Å². The van der Waals surface area contributed by atoms with Gasteiger partial charge in [-0.3, -0.25) is 4.79 Å². The lowest BCUT2D eigenvalue weighted by Crippen LogP contribution is -2.48. The van der Waals surface area contributed by atoms with E-state index in [9.17, 15) is 4.79 Å². The summed E-state index contributed by atoms with van der Waals surface area (Å²) in [6.07, 6.45) is 3.31. The number of halogens is 2. The van der Waals surface area contributed by atoms with Gasteiger partial charge >= 0.3 is 0 Å². The van der Waals surface area contributed by atoms with Crippen LogP contribution >= 0.6 is 24.8 Å². The van der Waals surface area contributed by atoms with Crippen molar-refractivity contribution >= 4 is 36.4 Å². The number of hydrogen-bond acceptors (Lipinski definition) is 3. The molecule has 0 bridgehead atoms. The highest BCUT2D eigenvalue weighted by atomic mass is 35.5. The van der Waals surface area contributed by atoms with Gasteiger partial charge in [0.15, 0.2) is 0 Å². The van der Waals surface area contributed by atoms with E-state index in [-0.39, 0.29) is 36.8 Å². The molecule has 1 heterocycles. The van der Waals surface area contributed by atoms with E-state index in [2.05, 4.69) is 29.4 Å².